The first-order valence-corrected chi connectivity index (χ1v) is 11.5. The number of aromatic amines is 1. The van der Waals surface area contributed by atoms with E-state index in [-0.39, 0.29) is 16.9 Å². The van der Waals surface area contributed by atoms with E-state index < -0.39 is 0 Å². The standard InChI is InChI=1S/C21H28N6OS/c1-21(2,3)16-12-29-20(23-16)26-10-13(11-26)17-24-18-15(19(28)25-17)9-22-27(18)14-7-5-4-6-8-14/h9,12-14H,4-8,10-11H2,1-3H3,(H,24,25,28). The van der Waals surface area contributed by atoms with E-state index >= 15 is 0 Å². The molecule has 154 valence electrons. The van der Waals surface area contributed by atoms with Crippen molar-refractivity contribution in [2.45, 2.75) is 70.3 Å². The Labute approximate surface area is 174 Å². The third-order valence-corrected chi connectivity index (χ3v) is 7.10. The van der Waals surface area contributed by atoms with Gasteiger partial charge in [0.2, 0.25) is 0 Å². The Hall–Kier alpha value is -2.22. The van der Waals surface area contributed by atoms with Crippen LogP contribution >= 0.6 is 11.3 Å². The summed E-state index contributed by atoms with van der Waals surface area (Å²) in [7, 11) is 0. The molecular formula is C21H28N6OS. The van der Waals surface area contributed by atoms with Crippen LogP contribution in [0.3, 0.4) is 0 Å². The molecule has 3 aromatic heterocycles. The van der Waals surface area contributed by atoms with Crippen molar-refractivity contribution in [1.29, 1.82) is 0 Å². The van der Waals surface area contributed by atoms with Crippen molar-refractivity contribution in [3.63, 3.8) is 0 Å². The van der Waals surface area contributed by atoms with Gasteiger partial charge in [-0.1, -0.05) is 40.0 Å². The highest BCUT2D eigenvalue weighted by Crippen LogP contribution is 2.35. The summed E-state index contributed by atoms with van der Waals surface area (Å²) < 4.78 is 2.00. The molecule has 1 N–H and O–H groups in total. The molecule has 0 aromatic carbocycles. The van der Waals surface area contributed by atoms with Gasteiger partial charge in [0.15, 0.2) is 10.8 Å². The fourth-order valence-corrected chi connectivity index (χ4v) is 5.37. The van der Waals surface area contributed by atoms with Crippen molar-refractivity contribution in [3.8, 4) is 0 Å². The zero-order valence-corrected chi connectivity index (χ0v) is 18.1. The summed E-state index contributed by atoms with van der Waals surface area (Å²) in [4.78, 5) is 27.6. The first-order valence-electron chi connectivity index (χ1n) is 10.6. The van der Waals surface area contributed by atoms with E-state index in [4.69, 9.17) is 9.97 Å². The molecule has 1 aliphatic carbocycles. The Morgan fingerprint density at radius 1 is 1.14 bits per heavy atom. The van der Waals surface area contributed by atoms with Crippen LogP contribution < -0.4 is 10.5 Å². The topological polar surface area (TPSA) is 79.7 Å². The molecule has 0 atom stereocenters. The predicted octanol–water partition coefficient (Wildman–Crippen LogP) is 3.98. The zero-order chi connectivity index (χ0) is 20.2. The number of thiazole rings is 1. The summed E-state index contributed by atoms with van der Waals surface area (Å²) >= 11 is 1.69. The predicted molar refractivity (Wildman–Crippen MR) is 116 cm³/mol. The van der Waals surface area contributed by atoms with Crippen molar-refractivity contribution < 1.29 is 0 Å². The maximum Gasteiger partial charge on any atom is 0.262 e. The molecule has 0 spiro atoms. The van der Waals surface area contributed by atoms with E-state index in [1.54, 1.807) is 17.5 Å². The fraction of sp³-hybridized carbons (Fsp3) is 0.619. The Morgan fingerprint density at radius 3 is 2.59 bits per heavy atom. The van der Waals surface area contributed by atoms with Crippen LogP contribution in [0.1, 0.15) is 76.4 Å². The first kappa shape index (κ1) is 18.8. The maximum absolute atomic E-state index is 12.6. The van der Waals surface area contributed by atoms with Gasteiger partial charge in [-0.15, -0.1) is 11.3 Å². The van der Waals surface area contributed by atoms with Crippen LogP contribution in [-0.2, 0) is 5.41 Å². The van der Waals surface area contributed by atoms with Gasteiger partial charge in [-0.2, -0.15) is 5.10 Å². The average Bonchev–Trinajstić information content (AvgIpc) is 3.29. The van der Waals surface area contributed by atoms with Crippen molar-refractivity contribution in [3.05, 3.63) is 33.4 Å². The lowest BCUT2D eigenvalue weighted by Crippen LogP contribution is -2.46. The van der Waals surface area contributed by atoms with Crippen LogP contribution in [0.15, 0.2) is 16.4 Å². The van der Waals surface area contributed by atoms with E-state index in [0.717, 1.165) is 48.2 Å². The number of hydrogen-bond donors (Lipinski definition) is 1. The molecule has 5 rings (SSSR count). The summed E-state index contributed by atoms with van der Waals surface area (Å²) in [5.74, 6) is 1.01. The molecule has 1 saturated carbocycles. The highest BCUT2D eigenvalue weighted by molar-refractivity contribution is 7.13. The lowest BCUT2D eigenvalue weighted by Gasteiger charge is -2.38. The molecule has 0 unspecified atom stereocenters. The number of fused-ring (bicyclic) bond motifs is 1. The van der Waals surface area contributed by atoms with Gasteiger partial charge in [-0.05, 0) is 12.8 Å². The van der Waals surface area contributed by atoms with Crippen molar-refractivity contribution in [1.82, 2.24) is 24.7 Å². The minimum Gasteiger partial charge on any atom is -0.346 e. The lowest BCUT2D eigenvalue weighted by atomic mass is 9.93. The second-order valence-electron chi connectivity index (χ2n) is 9.44. The van der Waals surface area contributed by atoms with Gasteiger partial charge in [0.05, 0.1) is 23.9 Å². The molecule has 2 aliphatic rings. The highest BCUT2D eigenvalue weighted by atomic mass is 32.1. The Kier molecular flexibility index (Phi) is 4.49. The van der Waals surface area contributed by atoms with Crippen LogP contribution in [-0.4, -0.2) is 37.8 Å². The van der Waals surface area contributed by atoms with Gasteiger partial charge in [0, 0.05) is 23.9 Å². The molecular weight excluding hydrogens is 384 g/mol. The summed E-state index contributed by atoms with van der Waals surface area (Å²) in [6.45, 7) is 8.23. The molecule has 0 bridgehead atoms. The van der Waals surface area contributed by atoms with E-state index in [1.807, 2.05) is 4.68 Å². The van der Waals surface area contributed by atoms with Gasteiger partial charge >= 0.3 is 0 Å². The lowest BCUT2D eigenvalue weighted by molar-refractivity contribution is 0.335. The van der Waals surface area contributed by atoms with Crippen LogP contribution in [0.5, 0.6) is 0 Å². The minimum atomic E-state index is -0.0743. The quantitative estimate of drug-likeness (QED) is 0.704. The van der Waals surface area contributed by atoms with Crippen LogP contribution in [0.25, 0.3) is 11.0 Å². The molecule has 2 fully saturated rings. The number of anilines is 1. The number of hydrogen-bond acceptors (Lipinski definition) is 6. The second-order valence-corrected chi connectivity index (χ2v) is 10.3. The number of H-pyrrole nitrogens is 1. The molecule has 7 nitrogen and oxygen atoms in total. The number of nitrogens with zero attached hydrogens (tertiary/aromatic N) is 5. The third-order valence-electron chi connectivity index (χ3n) is 6.20. The number of rotatable bonds is 3. The monoisotopic (exact) mass is 412 g/mol. The number of nitrogens with one attached hydrogen (secondary N) is 1. The number of aromatic nitrogens is 5. The van der Waals surface area contributed by atoms with Crippen molar-refractivity contribution in [2.75, 3.05) is 18.0 Å². The SMILES string of the molecule is CC(C)(C)c1csc(N2CC(c3nc4c(cnn4C4CCCCC4)c(=O)[nH]3)C2)n1. The summed E-state index contributed by atoms with van der Waals surface area (Å²) in [6, 6.07) is 0.368. The molecule has 0 amide bonds. The van der Waals surface area contributed by atoms with Crippen molar-refractivity contribution >= 4 is 27.5 Å². The van der Waals surface area contributed by atoms with Crippen LogP contribution in [0.2, 0.25) is 0 Å². The molecule has 4 heterocycles. The normalized spacial score (nSPS) is 19.1. The first-order chi connectivity index (χ1) is 13.9. The molecule has 8 heteroatoms. The molecule has 0 radical (unpaired) electrons. The van der Waals surface area contributed by atoms with Gasteiger partial charge in [0.25, 0.3) is 5.56 Å². The largest absolute Gasteiger partial charge is 0.346 e. The average molecular weight is 413 g/mol. The van der Waals surface area contributed by atoms with E-state index in [2.05, 4.69) is 41.1 Å². The van der Waals surface area contributed by atoms with Crippen molar-refractivity contribution in [2.24, 2.45) is 0 Å². The smallest absolute Gasteiger partial charge is 0.262 e. The maximum atomic E-state index is 12.6. The molecule has 3 aromatic rings. The summed E-state index contributed by atoms with van der Waals surface area (Å²) in [6.07, 6.45) is 7.67. The fourth-order valence-electron chi connectivity index (χ4n) is 4.30. The molecule has 1 saturated heterocycles. The molecule has 1 aliphatic heterocycles. The Balaban J connectivity index is 1.37. The van der Waals surface area contributed by atoms with Gasteiger partial charge in [-0.3, -0.25) is 4.79 Å². The minimum absolute atomic E-state index is 0.0639. The van der Waals surface area contributed by atoms with Gasteiger partial charge < -0.3 is 9.88 Å². The second kappa shape index (κ2) is 6.93. The third kappa shape index (κ3) is 3.37. The van der Waals surface area contributed by atoms with E-state index in [0.29, 0.717) is 11.4 Å². The molecule has 29 heavy (non-hydrogen) atoms. The highest BCUT2D eigenvalue weighted by Gasteiger charge is 2.33. The Morgan fingerprint density at radius 2 is 1.90 bits per heavy atom. The van der Waals surface area contributed by atoms with Gasteiger partial charge in [-0.25, -0.2) is 14.6 Å². The summed E-state index contributed by atoms with van der Waals surface area (Å²) in [5.41, 5.74) is 1.87. The van der Waals surface area contributed by atoms with E-state index in [9.17, 15) is 4.79 Å². The van der Waals surface area contributed by atoms with Gasteiger partial charge in [0.1, 0.15) is 11.2 Å². The van der Waals surface area contributed by atoms with E-state index in [1.165, 1.54) is 19.3 Å². The van der Waals surface area contributed by atoms with Crippen LogP contribution in [0.4, 0.5) is 5.13 Å². The van der Waals surface area contributed by atoms with Crippen LogP contribution in [0, 0.1) is 0 Å². The zero-order valence-electron chi connectivity index (χ0n) is 17.3. The Bertz CT molecular complexity index is 1080. The summed E-state index contributed by atoms with van der Waals surface area (Å²) in [5, 5.41) is 8.34.